The van der Waals surface area contributed by atoms with E-state index in [1.54, 1.807) is 0 Å². The molecule has 0 aliphatic carbocycles. The number of hydrogen-bond donors (Lipinski definition) is 1. The van der Waals surface area contributed by atoms with Crippen molar-refractivity contribution in [3.05, 3.63) is 36.2 Å². The fraction of sp³-hybridized carbons (Fsp3) is 0.385. The Morgan fingerprint density at radius 2 is 2.11 bits per heavy atom. The molecule has 2 heterocycles. The van der Waals surface area contributed by atoms with E-state index in [4.69, 9.17) is 4.52 Å². The SMILES string of the molecule is Cl.c1ccc(-c2noc(CC3CCCN3)n2)cc1. The molecule has 18 heavy (non-hydrogen) atoms. The summed E-state index contributed by atoms with van der Waals surface area (Å²) >= 11 is 0. The number of nitrogens with zero attached hydrogens (tertiary/aromatic N) is 2. The Labute approximate surface area is 112 Å². The summed E-state index contributed by atoms with van der Waals surface area (Å²) < 4.78 is 5.28. The minimum Gasteiger partial charge on any atom is -0.339 e. The van der Waals surface area contributed by atoms with Gasteiger partial charge in [0.25, 0.3) is 0 Å². The number of nitrogens with one attached hydrogen (secondary N) is 1. The molecule has 1 atom stereocenters. The smallest absolute Gasteiger partial charge is 0.228 e. The lowest BCUT2D eigenvalue weighted by Gasteiger charge is -2.04. The maximum absolute atomic E-state index is 5.28. The van der Waals surface area contributed by atoms with Crippen LogP contribution in [-0.2, 0) is 6.42 Å². The quantitative estimate of drug-likeness (QED) is 0.926. The molecule has 1 aromatic heterocycles. The first kappa shape index (κ1) is 13.1. The molecule has 0 spiro atoms. The summed E-state index contributed by atoms with van der Waals surface area (Å²) in [5.41, 5.74) is 1.00. The van der Waals surface area contributed by atoms with E-state index in [1.807, 2.05) is 30.3 Å². The van der Waals surface area contributed by atoms with Crippen molar-refractivity contribution in [1.29, 1.82) is 0 Å². The van der Waals surface area contributed by atoms with Gasteiger partial charge in [-0.25, -0.2) is 0 Å². The van der Waals surface area contributed by atoms with Crippen molar-refractivity contribution in [1.82, 2.24) is 15.5 Å². The standard InChI is InChI=1S/C13H15N3O.ClH/c1-2-5-10(6-3-1)13-15-12(17-16-13)9-11-7-4-8-14-11;/h1-3,5-6,11,14H,4,7-9H2;1H. The topological polar surface area (TPSA) is 51.0 Å². The zero-order valence-electron chi connectivity index (χ0n) is 10.0. The molecule has 1 unspecified atom stereocenters. The molecular formula is C13H16ClN3O. The van der Waals surface area contributed by atoms with Crippen LogP contribution in [0.3, 0.4) is 0 Å². The van der Waals surface area contributed by atoms with Gasteiger partial charge in [-0.1, -0.05) is 35.5 Å². The normalized spacial score (nSPS) is 18.6. The summed E-state index contributed by atoms with van der Waals surface area (Å²) in [6, 6.07) is 10.4. The van der Waals surface area contributed by atoms with Crippen LogP contribution in [0, 0.1) is 0 Å². The van der Waals surface area contributed by atoms with Crippen LogP contribution in [0.1, 0.15) is 18.7 Å². The molecule has 1 fully saturated rings. The van der Waals surface area contributed by atoms with Gasteiger partial charge in [-0.2, -0.15) is 4.98 Å². The Hall–Kier alpha value is -1.39. The molecule has 0 amide bonds. The average Bonchev–Trinajstić information content (AvgIpc) is 3.02. The van der Waals surface area contributed by atoms with Crippen molar-refractivity contribution in [2.24, 2.45) is 0 Å². The predicted molar refractivity (Wildman–Crippen MR) is 71.7 cm³/mol. The predicted octanol–water partition coefficient (Wildman–Crippen LogP) is 2.45. The second-order valence-electron chi connectivity index (χ2n) is 4.38. The third kappa shape index (κ3) is 2.89. The molecule has 1 saturated heterocycles. The maximum atomic E-state index is 5.28. The second kappa shape index (κ2) is 5.98. The highest BCUT2D eigenvalue weighted by Crippen LogP contribution is 2.17. The van der Waals surface area contributed by atoms with Gasteiger partial charge in [-0.05, 0) is 19.4 Å². The molecule has 1 aliphatic rings. The summed E-state index contributed by atoms with van der Waals surface area (Å²) in [5, 5.41) is 7.44. The summed E-state index contributed by atoms with van der Waals surface area (Å²) in [6.07, 6.45) is 3.27. The van der Waals surface area contributed by atoms with Crippen LogP contribution < -0.4 is 5.32 Å². The molecule has 1 aromatic carbocycles. The molecule has 4 nitrogen and oxygen atoms in total. The van der Waals surface area contributed by atoms with E-state index in [0.29, 0.717) is 11.9 Å². The first-order valence-corrected chi connectivity index (χ1v) is 6.03. The van der Waals surface area contributed by atoms with Gasteiger partial charge in [-0.3, -0.25) is 0 Å². The first-order chi connectivity index (χ1) is 8.42. The van der Waals surface area contributed by atoms with Crippen LogP contribution in [0.5, 0.6) is 0 Å². The second-order valence-corrected chi connectivity index (χ2v) is 4.38. The van der Waals surface area contributed by atoms with Crippen molar-refractivity contribution in [2.45, 2.75) is 25.3 Å². The molecular weight excluding hydrogens is 250 g/mol. The van der Waals surface area contributed by atoms with Gasteiger partial charge in [0, 0.05) is 18.0 Å². The molecule has 5 heteroatoms. The highest BCUT2D eigenvalue weighted by molar-refractivity contribution is 5.85. The summed E-state index contributed by atoms with van der Waals surface area (Å²) in [7, 11) is 0. The van der Waals surface area contributed by atoms with Crippen molar-refractivity contribution in [3.8, 4) is 11.4 Å². The summed E-state index contributed by atoms with van der Waals surface area (Å²) in [4.78, 5) is 4.43. The monoisotopic (exact) mass is 265 g/mol. The summed E-state index contributed by atoms with van der Waals surface area (Å²) in [5.74, 6) is 1.40. The molecule has 1 aliphatic heterocycles. The van der Waals surface area contributed by atoms with Crippen molar-refractivity contribution < 1.29 is 4.52 Å². The van der Waals surface area contributed by atoms with Gasteiger partial charge < -0.3 is 9.84 Å². The van der Waals surface area contributed by atoms with E-state index < -0.39 is 0 Å². The molecule has 0 bridgehead atoms. The van der Waals surface area contributed by atoms with Gasteiger partial charge in [-0.15, -0.1) is 12.4 Å². The zero-order chi connectivity index (χ0) is 11.5. The lowest BCUT2D eigenvalue weighted by atomic mass is 10.1. The van der Waals surface area contributed by atoms with Crippen LogP contribution in [0.2, 0.25) is 0 Å². The van der Waals surface area contributed by atoms with Crippen molar-refractivity contribution >= 4 is 12.4 Å². The van der Waals surface area contributed by atoms with E-state index >= 15 is 0 Å². The van der Waals surface area contributed by atoms with Crippen molar-refractivity contribution in [3.63, 3.8) is 0 Å². The lowest BCUT2D eigenvalue weighted by molar-refractivity contribution is 0.364. The third-order valence-corrected chi connectivity index (χ3v) is 3.08. The summed E-state index contributed by atoms with van der Waals surface area (Å²) in [6.45, 7) is 1.10. The first-order valence-electron chi connectivity index (χ1n) is 6.03. The fourth-order valence-corrected chi connectivity index (χ4v) is 2.18. The van der Waals surface area contributed by atoms with Gasteiger partial charge in [0.1, 0.15) is 0 Å². The highest BCUT2D eigenvalue weighted by atomic mass is 35.5. The van der Waals surface area contributed by atoms with Crippen molar-refractivity contribution in [2.75, 3.05) is 6.54 Å². The Morgan fingerprint density at radius 3 is 2.83 bits per heavy atom. The molecule has 3 rings (SSSR count). The van der Waals surface area contributed by atoms with Gasteiger partial charge in [0.05, 0.1) is 0 Å². The van der Waals surface area contributed by atoms with Gasteiger partial charge >= 0.3 is 0 Å². The van der Waals surface area contributed by atoms with E-state index in [2.05, 4.69) is 15.5 Å². The van der Waals surface area contributed by atoms with Crippen LogP contribution >= 0.6 is 12.4 Å². The van der Waals surface area contributed by atoms with E-state index in [1.165, 1.54) is 12.8 Å². The molecule has 1 N–H and O–H groups in total. The number of halogens is 1. The number of aromatic nitrogens is 2. The zero-order valence-corrected chi connectivity index (χ0v) is 10.8. The van der Waals surface area contributed by atoms with Crippen LogP contribution in [0.25, 0.3) is 11.4 Å². The fourth-order valence-electron chi connectivity index (χ4n) is 2.18. The van der Waals surface area contributed by atoms with Gasteiger partial charge in [0.15, 0.2) is 0 Å². The number of benzene rings is 1. The molecule has 0 saturated carbocycles. The minimum absolute atomic E-state index is 0. The van der Waals surface area contributed by atoms with E-state index in [-0.39, 0.29) is 12.4 Å². The molecule has 96 valence electrons. The Balaban J connectivity index is 0.00000120. The number of hydrogen-bond acceptors (Lipinski definition) is 4. The van der Waals surface area contributed by atoms with Crippen LogP contribution in [0.4, 0.5) is 0 Å². The van der Waals surface area contributed by atoms with E-state index in [0.717, 1.165) is 24.4 Å². The molecule has 0 radical (unpaired) electrons. The molecule has 2 aromatic rings. The van der Waals surface area contributed by atoms with Crippen LogP contribution in [0.15, 0.2) is 34.9 Å². The largest absolute Gasteiger partial charge is 0.339 e. The van der Waals surface area contributed by atoms with Crippen LogP contribution in [-0.4, -0.2) is 22.7 Å². The Kier molecular flexibility index (Phi) is 4.33. The lowest BCUT2D eigenvalue weighted by Crippen LogP contribution is -2.23. The number of rotatable bonds is 3. The average molecular weight is 266 g/mol. The minimum atomic E-state index is 0. The Bertz CT molecular complexity index is 480. The van der Waals surface area contributed by atoms with Gasteiger partial charge in [0.2, 0.25) is 11.7 Å². The van der Waals surface area contributed by atoms with E-state index in [9.17, 15) is 0 Å². The Morgan fingerprint density at radius 1 is 1.28 bits per heavy atom. The third-order valence-electron chi connectivity index (χ3n) is 3.08. The maximum Gasteiger partial charge on any atom is 0.228 e. The highest BCUT2D eigenvalue weighted by Gasteiger charge is 2.18.